The maximum atomic E-state index is 10.6. The van der Waals surface area contributed by atoms with E-state index in [0.29, 0.717) is 18.1 Å². The van der Waals surface area contributed by atoms with Gasteiger partial charge in [-0.15, -0.1) is 11.8 Å². The fraction of sp³-hybridized carbons (Fsp3) is 0.583. The van der Waals surface area contributed by atoms with Gasteiger partial charge in [-0.05, 0) is 32.9 Å². The molecular formula is C12H20N2O2S. The van der Waals surface area contributed by atoms with Crippen LogP contribution in [-0.4, -0.2) is 17.2 Å². The average Bonchev–Trinajstić information content (AvgIpc) is 2.61. The van der Waals surface area contributed by atoms with Gasteiger partial charge >= 0.3 is 0 Å². The normalized spacial score (nSPS) is 11.7. The van der Waals surface area contributed by atoms with Crippen molar-refractivity contribution in [2.75, 3.05) is 5.75 Å². The number of hydrogen-bond donors (Lipinski definition) is 2. The second-order valence-corrected chi connectivity index (χ2v) is 5.92. The molecule has 0 bridgehead atoms. The number of hydrogen-bond acceptors (Lipinski definition) is 4. The van der Waals surface area contributed by atoms with E-state index in [0.717, 1.165) is 11.5 Å². The van der Waals surface area contributed by atoms with E-state index in [4.69, 9.17) is 10.2 Å². The summed E-state index contributed by atoms with van der Waals surface area (Å²) in [5.74, 6) is 2.50. The molecule has 1 rings (SSSR count). The molecule has 4 nitrogen and oxygen atoms in total. The highest BCUT2D eigenvalue weighted by Gasteiger charge is 2.10. The molecule has 1 heterocycles. The van der Waals surface area contributed by atoms with Gasteiger partial charge in [0.05, 0.1) is 18.1 Å². The van der Waals surface area contributed by atoms with Gasteiger partial charge in [-0.25, -0.2) is 0 Å². The van der Waals surface area contributed by atoms with Crippen LogP contribution in [0.15, 0.2) is 16.5 Å². The molecule has 0 aliphatic carbocycles. The molecule has 1 amide bonds. The number of nitrogens with two attached hydrogens (primary N) is 1. The van der Waals surface area contributed by atoms with Crippen LogP contribution in [0, 0.1) is 0 Å². The molecule has 5 heteroatoms. The summed E-state index contributed by atoms with van der Waals surface area (Å²) in [6, 6.07) is 3.90. The van der Waals surface area contributed by atoms with E-state index in [1.165, 1.54) is 11.8 Å². The standard InChI is InChI=1S/C12H20N2O2S/c1-12(2,3)14-6-9-4-5-10(16-9)7-17-8-11(13)15/h4-5,14H,6-8H2,1-3H3,(H2,13,15). The van der Waals surface area contributed by atoms with E-state index in [9.17, 15) is 4.79 Å². The monoisotopic (exact) mass is 256 g/mol. The van der Waals surface area contributed by atoms with Crippen molar-refractivity contribution in [2.45, 2.75) is 38.6 Å². The molecule has 0 atom stereocenters. The maximum Gasteiger partial charge on any atom is 0.227 e. The molecule has 0 radical (unpaired) electrons. The average molecular weight is 256 g/mol. The van der Waals surface area contributed by atoms with Crippen molar-refractivity contribution in [1.82, 2.24) is 5.32 Å². The minimum Gasteiger partial charge on any atom is -0.464 e. The minimum atomic E-state index is -0.295. The maximum absolute atomic E-state index is 10.6. The van der Waals surface area contributed by atoms with Gasteiger partial charge in [0.25, 0.3) is 0 Å². The van der Waals surface area contributed by atoms with Crippen molar-refractivity contribution in [1.29, 1.82) is 0 Å². The predicted molar refractivity (Wildman–Crippen MR) is 70.7 cm³/mol. The largest absolute Gasteiger partial charge is 0.464 e. The number of nitrogens with one attached hydrogen (secondary N) is 1. The van der Waals surface area contributed by atoms with Crippen LogP contribution >= 0.6 is 11.8 Å². The predicted octanol–water partition coefficient (Wildman–Crippen LogP) is 1.89. The molecule has 0 spiro atoms. The van der Waals surface area contributed by atoms with Gasteiger partial charge in [0.1, 0.15) is 11.5 Å². The van der Waals surface area contributed by atoms with Crippen LogP contribution in [-0.2, 0) is 17.1 Å². The van der Waals surface area contributed by atoms with E-state index < -0.39 is 0 Å². The van der Waals surface area contributed by atoms with E-state index in [1.54, 1.807) is 0 Å². The molecule has 1 aromatic rings. The highest BCUT2D eigenvalue weighted by Crippen LogP contribution is 2.15. The Kier molecular flexibility index (Phi) is 5.08. The van der Waals surface area contributed by atoms with Crippen molar-refractivity contribution in [3.8, 4) is 0 Å². The van der Waals surface area contributed by atoms with Crippen LogP contribution < -0.4 is 11.1 Å². The Morgan fingerprint density at radius 1 is 1.41 bits per heavy atom. The highest BCUT2D eigenvalue weighted by atomic mass is 32.2. The van der Waals surface area contributed by atoms with Crippen molar-refractivity contribution in [2.24, 2.45) is 5.73 Å². The lowest BCUT2D eigenvalue weighted by Crippen LogP contribution is -2.34. The second kappa shape index (κ2) is 6.12. The molecular weight excluding hydrogens is 236 g/mol. The van der Waals surface area contributed by atoms with Crippen LogP contribution in [0.1, 0.15) is 32.3 Å². The van der Waals surface area contributed by atoms with E-state index in [2.05, 4.69) is 26.1 Å². The summed E-state index contributed by atoms with van der Waals surface area (Å²) in [6.45, 7) is 7.04. The number of carbonyl (C=O) groups is 1. The summed E-state index contributed by atoms with van der Waals surface area (Å²) >= 11 is 1.46. The van der Waals surface area contributed by atoms with Gasteiger partial charge in [0.15, 0.2) is 0 Å². The first-order valence-electron chi connectivity index (χ1n) is 5.55. The van der Waals surface area contributed by atoms with Crippen molar-refractivity contribution in [3.63, 3.8) is 0 Å². The topological polar surface area (TPSA) is 68.3 Å². The zero-order valence-corrected chi connectivity index (χ0v) is 11.4. The first-order valence-corrected chi connectivity index (χ1v) is 6.71. The number of amides is 1. The summed E-state index contributed by atoms with van der Waals surface area (Å²) in [4.78, 5) is 10.6. The SMILES string of the molecule is CC(C)(C)NCc1ccc(CSCC(N)=O)o1. The summed E-state index contributed by atoms with van der Waals surface area (Å²) in [7, 11) is 0. The highest BCUT2D eigenvalue weighted by molar-refractivity contribution is 7.99. The number of thioether (sulfide) groups is 1. The number of carbonyl (C=O) groups excluding carboxylic acids is 1. The fourth-order valence-corrected chi connectivity index (χ4v) is 1.86. The van der Waals surface area contributed by atoms with Gasteiger partial charge < -0.3 is 15.5 Å². The third-order valence-electron chi connectivity index (χ3n) is 2.00. The Morgan fingerprint density at radius 2 is 2.06 bits per heavy atom. The van der Waals surface area contributed by atoms with Gasteiger partial charge in [0, 0.05) is 5.54 Å². The Labute approximate surface area is 106 Å². The summed E-state index contributed by atoms with van der Waals surface area (Å²) in [5.41, 5.74) is 5.13. The van der Waals surface area contributed by atoms with Gasteiger partial charge in [-0.1, -0.05) is 0 Å². The quantitative estimate of drug-likeness (QED) is 0.815. The third kappa shape index (κ3) is 6.38. The number of primary amides is 1. The second-order valence-electron chi connectivity index (χ2n) is 4.93. The molecule has 0 aliphatic heterocycles. The van der Waals surface area contributed by atoms with Gasteiger partial charge in [-0.3, -0.25) is 4.79 Å². The smallest absolute Gasteiger partial charge is 0.227 e. The van der Waals surface area contributed by atoms with Crippen LogP contribution in [0.5, 0.6) is 0 Å². The van der Waals surface area contributed by atoms with Crippen LogP contribution in [0.2, 0.25) is 0 Å². The van der Waals surface area contributed by atoms with Crippen molar-refractivity contribution < 1.29 is 9.21 Å². The molecule has 3 N–H and O–H groups in total. The molecule has 0 saturated carbocycles. The first-order chi connectivity index (χ1) is 7.87. The number of furan rings is 1. The zero-order valence-electron chi connectivity index (χ0n) is 10.6. The molecule has 96 valence electrons. The van der Waals surface area contributed by atoms with E-state index >= 15 is 0 Å². The van der Waals surface area contributed by atoms with Crippen molar-refractivity contribution in [3.05, 3.63) is 23.7 Å². The molecule has 1 aromatic heterocycles. The van der Waals surface area contributed by atoms with E-state index in [1.807, 2.05) is 12.1 Å². The van der Waals surface area contributed by atoms with E-state index in [-0.39, 0.29) is 11.4 Å². The lowest BCUT2D eigenvalue weighted by atomic mass is 10.1. The Bertz CT molecular complexity index is 369. The summed E-state index contributed by atoms with van der Waals surface area (Å²) < 4.78 is 5.63. The Hall–Kier alpha value is -0.940. The van der Waals surface area contributed by atoms with Crippen LogP contribution in [0.25, 0.3) is 0 Å². The molecule has 17 heavy (non-hydrogen) atoms. The lowest BCUT2D eigenvalue weighted by molar-refractivity contribution is -0.115. The van der Waals surface area contributed by atoms with Gasteiger partial charge in [0.2, 0.25) is 5.91 Å². The first kappa shape index (κ1) is 14.1. The van der Waals surface area contributed by atoms with Crippen LogP contribution in [0.3, 0.4) is 0 Å². The summed E-state index contributed by atoms with van der Waals surface area (Å²) in [5, 5.41) is 3.35. The van der Waals surface area contributed by atoms with Crippen LogP contribution in [0.4, 0.5) is 0 Å². The molecule has 0 unspecified atom stereocenters. The Morgan fingerprint density at radius 3 is 2.65 bits per heavy atom. The minimum absolute atomic E-state index is 0.0771. The zero-order chi connectivity index (χ0) is 12.9. The fourth-order valence-electron chi connectivity index (χ4n) is 1.20. The lowest BCUT2D eigenvalue weighted by Gasteiger charge is -2.19. The summed E-state index contributed by atoms with van der Waals surface area (Å²) in [6.07, 6.45) is 0. The molecule has 0 fully saturated rings. The molecule has 0 aliphatic rings. The van der Waals surface area contributed by atoms with Gasteiger partial charge in [-0.2, -0.15) is 0 Å². The molecule has 0 aromatic carbocycles. The van der Waals surface area contributed by atoms with Crippen molar-refractivity contribution >= 4 is 17.7 Å². The molecule has 0 saturated heterocycles. The Balaban J connectivity index is 2.35. The third-order valence-corrected chi connectivity index (χ3v) is 2.98. The number of rotatable bonds is 6.